The molecular formula is C13H26N2. The maximum absolute atomic E-state index is 3.83. The van der Waals surface area contributed by atoms with Gasteiger partial charge in [-0.05, 0) is 58.7 Å². The van der Waals surface area contributed by atoms with Gasteiger partial charge in [-0.3, -0.25) is 4.90 Å². The second kappa shape index (κ2) is 7.02. The maximum Gasteiger partial charge on any atom is 0.0163 e. The summed E-state index contributed by atoms with van der Waals surface area (Å²) in [7, 11) is 0. The van der Waals surface area contributed by atoms with Gasteiger partial charge in [-0.2, -0.15) is 0 Å². The van der Waals surface area contributed by atoms with Gasteiger partial charge < -0.3 is 5.32 Å². The highest BCUT2D eigenvalue weighted by Crippen LogP contribution is 2.16. The van der Waals surface area contributed by atoms with Crippen molar-refractivity contribution < 1.29 is 0 Å². The third-order valence-corrected chi connectivity index (χ3v) is 3.38. The summed E-state index contributed by atoms with van der Waals surface area (Å²) in [4.78, 5) is 2.51. The Kier molecular flexibility index (Phi) is 5.96. The summed E-state index contributed by atoms with van der Waals surface area (Å²) in [6.07, 6.45) is 6.09. The summed E-state index contributed by atoms with van der Waals surface area (Å²) in [5.41, 5.74) is 0. The van der Waals surface area contributed by atoms with E-state index in [0.717, 1.165) is 12.5 Å². The number of piperidine rings is 1. The molecule has 88 valence electrons. The molecule has 0 aromatic heterocycles. The smallest absolute Gasteiger partial charge is 0.0163 e. The normalized spacial score (nSPS) is 18.7. The predicted octanol–water partition coefficient (Wildman–Crippen LogP) is 2.27. The Morgan fingerprint density at radius 3 is 2.60 bits per heavy atom. The van der Waals surface area contributed by atoms with Crippen molar-refractivity contribution in [3.8, 4) is 0 Å². The molecule has 0 bridgehead atoms. The van der Waals surface area contributed by atoms with Crippen molar-refractivity contribution in [2.45, 2.75) is 39.2 Å². The first-order chi connectivity index (χ1) is 7.24. The SMILES string of the molecule is C=CCN(CCC1CCNCC1)C(C)C. The van der Waals surface area contributed by atoms with Gasteiger partial charge in [-0.25, -0.2) is 0 Å². The number of nitrogens with zero attached hydrogens (tertiary/aromatic N) is 1. The lowest BCUT2D eigenvalue weighted by Crippen LogP contribution is -2.35. The minimum atomic E-state index is 0.643. The molecule has 1 saturated heterocycles. The van der Waals surface area contributed by atoms with E-state index in [2.05, 4.69) is 30.6 Å². The lowest BCUT2D eigenvalue weighted by molar-refractivity contribution is 0.214. The summed E-state index contributed by atoms with van der Waals surface area (Å²) in [6.45, 7) is 13.1. The van der Waals surface area contributed by atoms with Gasteiger partial charge >= 0.3 is 0 Å². The first-order valence-corrected chi connectivity index (χ1v) is 6.29. The van der Waals surface area contributed by atoms with E-state index in [0.29, 0.717) is 6.04 Å². The molecule has 1 heterocycles. The molecule has 15 heavy (non-hydrogen) atoms. The molecule has 0 aromatic rings. The third-order valence-electron chi connectivity index (χ3n) is 3.38. The largest absolute Gasteiger partial charge is 0.317 e. The van der Waals surface area contributed by atoms with Crippen molar-refractivity contribution >= 4 is 0 Å². The van der Waals surface area contributed by atoms with Crippen LogP contribution in [0.3, 0.4) is 0 Å². The molecule has 1 rings (SSSR count). The van der Waals surface area contributed by atoms with Gasteiger partial charge in [0.05, 0.1) is 0 Å². The monoisotopic (exact) mass is 210 g/mol. The van der Waals surface area contributed by atoms with Crippen molar-refractivity contribution in [3.05, 3.63) is 12.7 Å². The Morgan fingerprint density at radius 1 is 1.40 bits per heavy atom. The second-order valence-electron chi connectivity index (χ2n) is 4.86. The van der Waals surface area contributed by atoms with E-state index in [-0.39, 0.29) is 0 Å². The zero-order chi connectivity index (χ0) is 11.1. The Labute approximate surface area is 94.7 Å². The van der Waals surface area contributed by atoms with Gasteiger partial charge in [-0.15, -0.1) is 6.58 Å². The summed E-state index contributed by atoms with van der Waals surface area (Å²) in [5.74, 6) is 0.942. The van der Waals surface area contributed by atoms with Crippen LogP contribution in [0.2, 0.25) is 0 Å². The Morgan fingerprint density at radius 2 is 2.07 bits per heavy atom. The van der Waals surface area contributed by atoms with E-state index in [1.807, 2.05) is 6.08 Å². The summed E-state index contributed by atoms with van der Waals surface area (Å²) < 4.78 is 0. The molecule has 0 saturated carbocycles. The van der Waals surface area contributed by atoms with Crippen molar-refractivity contribution in [3.63, 3.8) is 0 Å². The topological polar surface area (TPSA) is 15.3 Å². The first-order valence-electron chi connectivity index (χ1n) is 6.29. The quantitative estimate of drug-likeness (QED) is 0.677. The van der Waals surface area contributed by atoms with E-state index < -0.39 is 0 Å². The molecule has 0 amide bonds. The fourth-order valence-electron chi connectivity index (χ4n) is 2.24. The van der Waals surface area contributed by atoms with Crippen LogP contribution >= 0.6 is 0 Å². The molecule has 1 fully saturated rings. The first kappa shape index (κ1) is 12.7. The van der Waals surface area contributed by atoms with Crippen LogP contribution in [0.15, 0.2) is 12.7 Å². The molecule has 0 radical (unpaired) electrons. The van der Waals surface area contributed by atoms with Crippen molar-refractivity contribution in [2.24, 2.45) is 5.92 Å². The van der Waals surface area contributed by atoms with Crippen LogP contribution in [-0.2, 0) is 0 Å². The molecule has 1 aliphatic heterocycles. The molecule has 0 aromatic carbocycles. The Hall–Kier alpha value is -0.340. The van der Waals surface area contributed by atoms with Gasteiger partial charge in [0.25, 0.3) is 0 Å². The van der Waals surface area contributed by atoms with Crippen molar-refractivity contribution in [2.75, 3.05) is 26.2 Å². The molecule has 0 spiro atoms. The number of hydrogen-bond donors (Lipinski definition) is 1. The van der Waals surface area contributed by atoms with Gasteiger partial charge in [0, 0.05) is 12.6 Å². The minimum absolute atomic E-state index is 0.643. The van der Waals surface area contributed by atoms with Crippen LogP contribution < -0.4 is 5.32 Å². The average Bonchev–Trinajstić information content (AvgIpc) is 2.25. The number of nitrogens with one attached hydrogen (secondary N) is 1. The van der Waals surface area contributed by atoms with Crippen LogP contribution in [-0.4, -0.2) is 37.1 Å². The minimum Gasteiger partial charge on any atom is -0.317 e. The van der Waals surface area contributed by atoms with Gasteiger partial charge in [0.15, 0.2) is 0 Å². The predicted molar refractivity (Wildman–Crippen MR) is 67.1 cm³/mol. The van der Waals surface area contributed by atoms with E-state index in [1.54, 1.807) is 0 Å². The molecular weight excluding hydrogens is 184 g/mol. The van der Waals surface area contributed by atoms with Crippen LogP contribution in [0, 0.1) is 5.92 Å². The average molecular weight is 210 g/mol. The summed E-state index contributed by atoms with van der Waals surface area (Å²) >= 11 is 0. The van der Waals surface area contributed by atoms with Gasteiger partial charge in [0.2, 0.25) is 0 Å². The molecule has 1 N–H and O–H groups in total. The van der Waals surface area contributed by atoms with E-state index >= 15 is 0 Å². The Bertz CT molecular complexity index is 171. The summed E-state index contributed by atoms with van der Waals surface area (Å²) in [6, 6.07) is 0.643. The van der Waals surface area contributed by atoms with Gasteiger partial charge in [-0.1, -0.05) is 6.08 Å². The third kappa shape index (κ3) is 4.80. The molecule has 0 atom stereocenters. The van der Waals surface area contributed by atoms with E-state index in [9.17, 15) is 0 Å². The van der Waals surface area contributed by atoms with Gasteiger partial charge in [0.1, 0.15) is 0 Å². The highest BCUT2D eigenvalue weighted by Gasteiger charge is 2.15. The number of hydrogen-bond acceptors (Lipinski definition) is 2. The lowest BCUT2D eigenvalue weighted by atomic mass is 9.94. The zero-order valence-electron chi connectivity index (χ0n) is 10.3. The summed E-state index contributed by atoms with van der Waals surface area (Å²) in [5, 5.41) is 3.42. The fraction of sp³-hybridized carbons (Fsp3) is 0.846. The molecule has 1 aliphatic rings. The highest BCUT2D eigenvalue weighted by molar-refractivity contribution is 4.77. The van der Waals surface area contributed by atoms with Crippen molar-refractivity contribution in [1.29, 1.82) is 0 Å². The molecule has 0 aliphatic carbocycles. The zero-order valence-corrected chi connectivity index (χ0v) is 10.3. The van der Waals surface area contributed by atoms with Crippen LogP contribution in [0.1, 0.15) is 33.1 Å². The number of rotatable bonds is 6. The second-order valence-corrected chi connectivity index (χ2v) is 4.86. The van der Waals surface area contributed by atoms with Crippen molar-refractivity contribution in [1.82, 2.24) is 10.2 Å². The molecule has 2 heteroatoms. The van der Waals surface area contributed by atoms with E-state index in [4.69, 9.17) is 0 Å². The molecule has 0 unspecified atom stereocenters. The maximum atomic E-state index is 3.83. The lowest BCUT2D eigenvalue weighted by Gasteiger charge is -2.29. The molecule has 2 nitrogen and oxygen atoms in total. The van der Waals surface area contributed by atoms with Crippen LogP contribution in [0.25, 0.3) is 0 Å². The standard InChI is InChI=1S/C13H26N2/c1-4-10-15(12(2)3)11-7-13-5-8-14-9-6-13/h4,12-14H,1,5-11H2,2-3H3. The van der Waals surface area contributed by atoms with E-state index in [1.165, 1.54) is 38.9 Å². The van der Waals surface area contributed by atoms with Crippen LogP contribution in [0.4, 0.5) is 0 Å². The Balaban J connectivity index is 2.22. The van der Waals surface area contributed by atoms with Crippen LogP contribution in [0.5, 0.6) is 0 Å². The fourth-order valence-corrected chi connectivity index (χ4v) is 2.24. The highest BCUT2D eigenvalue weighted by atomic mass is 15.1.